The van der Waals surface area contributed by atoms with Gasteiger partial charge in [0.25, 0.3) is 5.91 Å². The first kappa shape index (κ1) is 16.5. The lowest BCUT2D eigenvalue weighted by Gasteiger charge is -2.13. The van der Waals surface area contributed by atoms with Gasteiger partial charge in [0.2, 0.25) is 5.88 Å². The van der Waals surface area contributed by atoms with Crippen LogP contribution in [0, 0.1) is 0 Å². The Bertz CT molecular complexity index is 649. The van der Waals surface area contributed by atoms with Crippen LogP contribution in [-0.2, 0) is 0 Å². The zero-order valence-corrected chi connectivity index (χ0v) is 14.1. The summed E-state index contributed by atoms with van der Waals surface area (Å²) in [6, 6.07) is 11.0. The van der Waals surface area contributed by atoms with Crippen LogP contribution >= 0.6 is 15.9 Å². The van der Waals surface area contributed by atoms with E-state index in [-0.39, 0.29) is 17.8 Å². The Morgan fingerprint density at radius 2 is 2.18 bits per heavy atom. The average molecular weight is 364 g/mol. The molecule has 6 heteroatoms. The van der Waals surface area contributed by atoms with E-state index in [4.69, 9.17) is 4.74 Å². The van der Waals surface area contributed by atoms with Crippen LogP contribution < -0.4 is 15.4 Å². The van der Waals surface area contributed by atoms with E-state index < -0.39 is 0 Å². The van der Waals surface area contributed by atoms with Gasteiger partial charge in [-0.1, -0.05) is 22.0 Å². The number of carbonyl (C=O) groups is 1. The highest BCUT2D eigenvalue weighted by molar-refractivity contribution is 9.10. The van der Waals surface area contributed by atoms with Gasteiger partial charge in [0.15, 0.2) is 0 Å². The molecule has 116 valence electrons. The van der Waals surface area contributed by atoms with Crippen LogP contribution in [0.3, 0.4) is 0 Å². The van der Waals surface area contributed by atoms with E-state index in [1.54, 1.807) is 18.3 Å². The molecule has 1 amide bonds. The highest BCUT2D eigenvalue weighted by Gasteiger charge is 2.14. The number of amides is 1. The molecule has 1 aromatic heterocycles. The maximum Gasteiger partial charge on any atom is 0.256 e. The number of halogens is 1. The molecule has 0 saturated carbocycles. The van der Waals surface area contributed by atoms with Gasteiger partial charge >= 0.3 is 0 Å². The van der Waals surface area contributed by atoms with Gasteiger partial charge in [0.1, 0.15) is 11.3 Å². The van der Waals surface area contributed by atoms with Crippen LogP contribution in [0.5, 0.6) is 11.6 Å². The van der Waals surface area contributed by atoms with Gasteiger partial charge in [-0.25, -0.2) is 4.98 Å². The summed E-state index contributed by atoms with van der Waals surface area (Å²) in [4.78, 5) is 16.4. The Morgan fingerprint density at radius 3 is 2.91 bits per heavy atom. The molecule has 2 rings (SSSR count). The Kier molecular flexibility index (Phi) is 5.91. The van der Waals surface area contributed by atoms with Crippen LogP contribution in [0.1, 0.15) is 17.3 Å². The summed E-state index contributed by atoms with van der Waals surface area (Å²) in [5.41, 5.74) is 0.408. The number of rotatable bonds is 6. The second kappa shape index (κ2) is 7.91. The van der Waals surface area contributed by atoms with Crippen molar-refractivity contribution < 1.29 is 9.53 Å². The predicted octanol–water partition coefficient (Wildman–Crippen LogP) is 2.97. The number of hydrogen-bond donors (Lipinski definition) is 2. The van der Waals surface area contributed by atoms with E-state index in [0.717, 1.165) is 4.47 Å². The monoisotopic (exact) mass is 363 g/mol. The summed E-state index contributed by atoms with van der Waals surface area (Å²) in [6.45, 7) is 2.52. The summed E-state index contributed by atoms with van der Waals surface area (Å²) in [7, 11) is 1.85. The van der Waals surface area contributed by atoms with E-state index in [9.17, 15) is 4.79 Å². The Balaban J connectivity index is 2.14. The Hall–Kier alpha value is -1.92. The van der Waals surface area contributed by atoms with Gasteiger partial charge in [-0.05, 0) is 44.3 Å². The predicted molar refractivity (Wildman–Crippen MR) is 89.3 cm³/mol. The van der Waals surface area contributed by atoms with Crippen molar-refractivity contribution in [3.8, 4) is 11.6 Å². The van der Waals surface area contributed by atoms with E-state index in [1.165, 1.54) is 0 Å². The fraction of sp³-hybridized carbons (Fsp3) is 0.250. The SMILES string of the molecule is CNC(C)CNC(=O)c1cccnc1Oc1cccc(Br)c1. The molecule has 5 nitrogen and oxygen atoms in total. The maximum atomic E-state index is 12.3. The molecule has 0 aliphatic heterocycles. The number of pyridine rings is 1. The van der Waals surface area contributed by atoms with Crippen molar-refractivity contribution in [2.24, 2.45) is 0 Å². The fourth-order valence-electron chi connectivity index (χ4n) is 1.73. The maximum absolute atomic E-state index is 12.3. The summed E-state index contributed by atoms with van der Waals surface area (Å²) in [6.07, 6.45) is 1.60. The highest BCUT2D eigenvalue weighted by atomic mass is 79.9. The minimum Gasteiger partial charge on any atom is -0.438 e. The molecule has 1 unspecified atom stereocenters. The van der Waals surface area contributed by atoms with E-state index in [1.807, 2.05) is 38.2 Å². The third-order valence-corrected chi connectivity index (χ3v) is 3.58. The molecule has 2 aromatic rings. The largest absolute Gasteiger partial charge is 0.438 e. The van der Waals surface area contributed by atoms with Gasteiger partial charge in [0, 0.05) is 23.3 Å². The molecule has 0 bridgehead atoms. The van der Waals surface area contributed by atoms with Crippen LogP contribution in [-0.4, -0.2) is 30.5 Å². The van der Waals surface area contributed by atoms with Gasteiger partial charge in [-0.3, -0.25) is 4.79 Å². The van der Waals surface area contributed by atoms with Crippen LogP contribution in [0.25, 0.3) is 0 Å². The third-order valence-electron chi connectivity index (χ3n) is 3.09. The molecular formula is C16H18BrN3O2. The highest BCUT2D eigenvalue weighted by Crippen LogP contribution is 2.25. The lowest BCUT2D eigenvalue weighted by atomic mass is 10.2. The normalized spacial score (nSPS) is 11.8. The van der Waals surface area contributed by atoms with E-state index >= 15 is 0 Å². The first-order valence-electron chi connectivity index (χ1n) is 6.94. The molecule has 1 aromatic carbocycles. The molecule has 0 saturated heterocycles. The second-order valence-corrected chi connectivity index (χ2v) is 5.73. The minimum absolute atomic E-state index is 0.190. The molecule has 2 N–H and O–H groups in total. The van der Waals surface area contributed by atoms with Crippen LogP contribution in [0.4, 0.5) is 0 Å². The topological polar surface area (TPSA) is 63.2 Å². The number of ether oxygens (including phenoxy) is 1. The van der Waals surface area contributed by atoms with Crippen molar-refractivity contribution in [3.05, 3.63) is 52.6 Å². The molecule has 0 aliphatic rings. The number of aromatic nitrogens is 1. The molecule has 1 heterocycles. The molecular weight excluding hydrogens is 346 g/mol. The summed E-state index contributed by atoms with van der Waals surface area (Å²) in [5.74, 6) is 0.695. The van der Waals surface area contributed by atoms with Gasteiger partial charge in [0.05, 0.1) is 0 Å². The van der Waals surface area contributed by atoms with Crippen molar-refractivity contribution in [3.63, 3.8) is 0 Å². The first-order valence-corrected chi connectivity index (χ1v) is 7.73. The zero-order valence-electron chi connectivity index (χ0n) is 12.5. The number of hydrogen-bond acceptors (Lipinski definition) is 4. The number of benzene rings is 1. The van der Waals surface area contributed by atoms with Crippen molar-refractivity contribution in [1.82, 2.24) is 15.6 Å². The van der Waals surface area contributed by atoms with E-state index in [0.29, 0.717) is 17.9 Å². The average Bonchev–Trinajstić information content (AvgIpc) is 2.53. The lowest BCUT2D eigenvalue weighted by Crippen LogP contribution is -2.37. The quantitative estimate of drug-likeness (QED) is 0.827. The van der Waals surface area contributed by atoms with Gasteiger partial charge in [-0.2, -0.15) is 0 Å². The van der Waals surface area contributed by atoms with Crippen molar-refractivity contribution >= 4 is 21.8 Å². The third kappa shape index (κ3) is 4.54. The minimum atomic E-state index is -0.208. The van der Waals surface area contributed by atoms with E-state index in [2.05, 4.69) is 31.5 Å². The molecule has 0 spiro atoms. The zero-order chi connectivity index (χ0) is 15.9. The summed E-state index contributed by atoms with van der Waals surface area (Å²) >= 11 is 3.39. The van der Waals surface area contributed by atoms with Crippen molar-refractivity contribution in [2.45, 2.75) is 13.0 Å². The number of nitrogens with one attached hydrogen (secondary N) is 2. The van der Waals surface area contributed by atoms with Crippen molar-refractivity contribution in [1.29, 1.82) is 0 Å². The molecule has 0 aliphatic carbocycles. The molecule has 0 radical (unpaired) electrons. The Morgan fingerprint density at radius 1 is 1.36 bits per heavy atom. The first-order chi connectivity index (χ1) is 10.6. The standard InChI is InChI=1S/C16H18BrN3O2/c1-11(18-2)10-20-15(21)14-7-4-8-19-16(14)22-13-6-3-5-12(17)9-13/h3-9,11,18H,10H2,1-2H3,(H,20,21). The summed E-state index contributed by atoms with van der Waals surface area (Å²) < 4.78 is 6.62. The molecule has 1 atom stereocenters. The van der Waals surface area contributed by atoms with Gasteiger partial charge in [-0.15, -0.1) is 0 Å². The molecule has 0 fully saturated rings. The number of likely N-dealkylation sites (N-methyl/N-ethyl adjacent to an activating group) is 1. The fourth-order valence-corrected chi connectivity index (χ4v) is 2.11. The number of nitrogens with zero attached hydrogens (tertiary/aromatic N) is 1. The van der Waals surface area contributed by atoms with Gasteiger partial charge < -0.3 is 15.4 Å². The second-order valence-electron chi connectivity index (χ2n) is 4.82. The van der Waals surface area contributed by atoms with Crippen molar-refractivity contribution in [2.75, 3.05) is 13.6 Å². The number of carbonyl (C=O) groups excluding carboxylic acids is 1. The van der Waals surface area contributed by atoms with Crippen LogP contribution in [0.2, 0.25) is 0 Å². The smallest absolute Gasteiger partial charge is 0.256 e. The summed E-state index contributed by atoms with van der Waals surface area (Å²) in [5, 5.41) is 5.92. The molecule has 22 heavy (non-hydrogen) atoms. The Labute approximate surface area is 138 Å². The van der Waals surface area contributed by atoms with Crippen LogP contribution in [0.15, 0.2) is 47.1 Å². The lowest BCUT2D eigenvalue weighted by molar-refractivity contribution is 0.0947.